The van der Waals surface area contributed by atoms with Crippen molar-refractivity contribution in [3.8, 4) is 0 Å². The molecule has 0 heterocycles. The van der Waals surface area contributed by atoms with Gasteiger partial charge in [-0.25, -0.2) is 0 Å². The Morgan fingerprint density at radius 3 is 0.967 bits per heavy atom. The molecule has 0 aliphatic heterocycles. The summed E-state index contributed by atoms with van der Waals surface area (Å²) < 4.78 is 12.0. The highest BCUT2D eigenvalue weighted by Crippen LogP contribution is 2.20. The summed E-state index contributed by atoms with van der Waals surface area (Å²) >= 11 is 0. The molecule has 6 nitrogen and oxygen atoms in total. The lowest BCUT2D eigenvalue weighted by Gasteiger charge is -2.21. The van der Waals surface area contributed by atoms with E-state index in [1.54, 1.807) is 0 Å². The van der Waals surface area contributed by atoms with Gasteiger partial charge in [-0.15, -0.1) is 0 Å². The third kappa shape index (κ3) is 51.2. The van der Waals surface area contributed by atoms with Crippen LogP contribution in [0.4, 0.5) is 0 Å². The Bertz CT molecular complexity index is 789. The second kappa shape index (κ2) is 55.9. The number of hydrogen-bond acceptors (Lipinski definition) is 6. The molecule has 0 aromatic rings. The van der Waals surface area contributed by atoms with Crippen molar-refractivity contribution < 1.29 is 24.2 Å². The monoisotopic (exact) mass is 854 g/mol. The Balaban J connectivity index is -0.00000429. The van der Waals surface area contributed by atoms with Gasteiger partial charge < -0.3 is 19.5 Å². The van der Waals surface area contributed by atoms with Crippen LogP contribution in [0.3, 0.4) is 0 Å². The number of rotatable bonds is 45. The number of carbonyl (C=O) groups is 2. The van der Waals surface area contributed by atoms with Crippen LogP contribution >= 0.6 is 0 Å². The first kappa shape index (κ1) is 63.2. The van der Waals surface area contributed by atoms with E-state index >= 15 is 0 Å². The van der Waals surface area contributed by atoms with Crippen molar-refractivity contribution in [3.05, 3.63) is 0 Å². The van der Waals surface area contributed by atoms with Crippen LogP contribution in [-0.2, 0) is 19.1 Å². The lowest BCUT2D eigenvalue weighted by atomic mass is 10.0. The number of nitrogens with zero attached hydrogens (tertiary/aromatic N) is 1. The van der Waals surface area contributed by atoms with Crippen molar-refractivity contribution >= 4 is 11.9 Å². The van der Waals surface area contributed by atoms with E-state index in [1.165, 1.54) is 154 Å². The van der Waals surface area contributed by atoms with E-state index < -0.39 is 0 Å². The first-order valence-corrected chi connectivity index (χ1v) is 27.1. The van der Waals surface area contributed by atoms with E-state index in [0.717, 1.165) is 90.1 Å². The minimum absolute atomic E-state index is 0.00800. The maximum Gasteiger partial charge on any atom is 0.306 e. The molecule has 0 spiro atoms. The SMILES string of the molecule is CC.CCCCC.CCCCCCCCCC(CCCCC)OC(=O)CCCCCCN(CCO)CCCCCC(=O)OC(CCCCCCCC)CCCCCCCC. The fourth-order valence-corrected chi connectivity index (χ4v) is 7.84. The van der Waals surface area contributed by atoms with Crippen LogP contribution in [0.5, 0.6) is 0 Å². The number of carbonyl (C=O) groups excluding carboxylic acids is 2. The second-order valence-electron chi connectivity index (χ2n) is 17.6. The number of aliphatic hydroxyl groups excluding tert-OH is 1. The quantitative estimate of drug-likeness (QED) is 0.0486. The summed E-state index contributed by atoms with van der Waals surface area (Å²) in [5.41, 5.74) is 0. The van der Waals surface area contributed by atoms with Gasteiger partial charge in [-0.05, 0) is 90.1 Å². The van der Waals surface area contributed by atoms with E-state index in [1.807, 2.05) is 13.8 Å². The number of unbranched alkanes of at least 4 members (excludes halogenated alkanes) is 25. The van der Waals surface area contributed by atoms with Crippen LogP contribution < -0.4 is 0 Å². The van der Waals surface area contributed by atoms with Crippen molar-refractivity contribution in [2.45, 2.75) is 312 Å². The van der Waals surface area contributed by atoms with Crippen LogP contribution in [0.2, 0.25) is 0 Å². The fraction of sp³-hybridized carbons (Fsp3) is 0.963. The summed E-state index contributed by atoms with van der Waals surface area (Å²) in [4.78, 5) is 27.8. The van der Waals surface area contributed by atoms with Crippen molar-refractivity contribution in [1.82, 2.24) is 4.90 Å². The summed E-state index contributed by atoms with van der Waals surface area (Å²) in [6, 6.07) is 0. The topological polar surface area (TPSA) is 76.1 Å². The molecule has 0 aromatic carbocycles. The van der Waals surface area contributed by atoms with Crippen LogP contribution in [0.15, 0.2) is 0 Å². The number of aliphatic hydroxyl groups is 1. The van der Waals surface area contributed by atoms with E-state index in [4.69, 9.17) is 9.47 Å². The van der Waals surface area contributed by atoms with Gasteiger partial charge in [0.05, 0.1) is 6.61 Å². The van der Waals surface area contributed by atoms with Crippen molar-refractivity contribution in [1.29, 1.82) is 0 Å². The van der Waals surface area contributed by atoms with Crippen LogP contribution in [0, 0.1) is 0 Å². The molecule has 362 valence electrons. The molecule has 0 amide bonds. The summed E-state index contributed by atoms with van der Waals surface area (Å²) in [6.07, 6.45) is 44.4. The van der Waals surface area contributed by atoms with E-state index in [0.29, 0.717) is 19.4 Å². The van der Waals surface area contributed by atoms with E-state index in [2.05, 4.69) is 46.4 Å². The summed E-state index contributed by atoms with van der Waals surface area (Å²) in [5, 5.41) is 9.63. The standard InChI is InChI=1S/C47H93NO5.C5H12.C2H6/c1-5-9-13-16-19-22-29-35-44(34-26-12-8-4)52-46(50)38-30-23-24-32-40-48(42-43-49)41-33-25-31-39-47(51)53-45(36-27-20-17-14-10-6-2)37-28-21-18-15-11-7-3;1-3-5-4-2;1-2/h44-45,49H,5-43H2,1-4H3;3-5H2,1-2H3;1-2H3. The molecule has 0 bridgehead atoms. The van der Waals surface area contributed by atoms with Crippen molar-refractivity contribution in [2.24, 2.45) is 0 Å². The van der Waals surface area contributed by atoms with Gasteiger partial charge >= 0.3 is 11.9 Å². The highest BCUT2D eigenvalue weighted by Gasteiger charge is 2.16. The third-order valence-corrected chi connectivity index (χ3v) is 11.7. The zero-order chi connectivity index (χ0) is 45.0. The lowest BCUT2D eigenvalue weighted by molar-refractivity contribution is -0.151. The summed E-state index contributed by atoms with van der Waals surface area (Å²) in [5.74, 6) is -0.0189. The molecule has 0 aromatic heterocycles. The molecule has 0 saturated heterocycles. The maximum atomic E-state index is 12.8. The molecule has 0 radical (unpaired) electrons. The smallest absolute Gasteiger partial charge is 0.306 e. The van der Waals surface area contributed by atoms with Gasteiger partial charge in [0.25, 0.3) is 0 Å². The molecular weight excluding hydrogens is 743 g/mol. The minimum atomic E-state index is -0.0109. The van der Waals surface area contributed by atoms with E-state index in [9.17, 15) is 14.7 Å². The summed E-state index contributed by atoms with van der Waals surface area (Å²) in [7, 11) is 0. The molecule has 1 N–H and O–H groups in total. The number of esters is 2. The number of hydrogen-bond donors (Lipinski definition) is 1. The Labute approximate surface area is 377 Å². The number of ether oxygens (including phenoxy) is 2. The largest absolute Gasteiger partial charge is 0.462 e. The molecule has 1 unspecified atom stereocenters. The second-order valence-corrected chi connectivity index (χ2v) is 17.6. The zero-order valence-corrected chi connectivity index (χ0v) is 42.4. The first-order valence-electron chi connectivity index (χ1n) is 27.1. The average molecular weight is 854 g/mol. The molecule has 60 heavy (non-hydrogen) atoms. The van der Waals surface area contributed by atoms with Crippen LogP contribution in [-0.4, -0.2) is 60.4 Å². The Morgan fingerprint density at radius 1 is 0.367 bits per heavy atom. The van der Waals surface area contributed by atoms with Gasteiger partial charge in [-0.3, -0.25) is 9.59 Å². The van der Waals surface area contributed by atoms with Crippen molar-refractivity contribution in [3.63, 3.8) is 0 Å². The predicted molar refractivity (Wildman–Crippen MR) is 264 cm³/mol. The molecule has 0 saturated carbocycles. The Kier molecular flexibility index (Phi) is 58.8. The molecular formula is C54H111NO5. The zero-order valence-electron chi connectivity index (χ0n) is 42.4. The van der Waals surface area contributed by atoms with Gasteiger partial charge in [0.2, 0.25) is 0 Å². The van der Waals surface area contributed by atoms with Crippen LogP contribution in [0.1, 0.15) is 299 Å². The fourth-order valence-electron chi connectivity index (χ4n) is 7.84. The molecule has 0 aliphatic rings. The minimum Gasteiger partial charge on any atom is -0.462 e. The molecule has 0 rings (SSSR count). The van der Waals surface area contributed by atoms with Gasteiger partial charge in [-0.2, -0.15) is 0 Å². The normalized spacial score (nSPS) is 11.6. The first-order chi connectivity index (χ1) is 29.4. The third-order valence-electron chi connectivity index (χ3n) is 11.7. The molecule has 0 aliphatic carbocycles. The van der Waals surface area contributed by atoms with Gasteiger partial charge in [0.15, 0.2) is 0 Å². The van der Waals surface area contributed by atoms with Gasteiger partial charge in [0, 0.05) is 19.4 Å². The Hall–Kier alpha value is -1.14. The highest BCUT2D eigenvalue weighted by atomic mass is 16.5. The Morgan fingerprint density at radius 2 is 0.633 bits per heavy atom. The molecule has 0 fully saturated rings. The summed E-state index contributed by atoms with van der Waals surface area (Å²) in [6.45, 7) is 20.2. The molecule has 1 atom stereocenters. The van der Waals surface area contributed by atoms with Crippen molar-refractivity contribution in [2.75, 3.05) is 26.2 Å². The van der Waals surface area contributed by atoms with Gasteiger partial charge in [-0.1, -0.05) is 209 Å². The van der Waals surface area contributed by atoms with E-state index in [-0.39, 0.29) is 30.8 Å². The predicted octanol–water partition coefficient (Wildman–Crippen LogP) is 17.1. The average Bonchev–Trinajstić information content (AvgIpc) is 3.25. The maximum absolute atomic E-state index is 12.8. The highest BCUT2D eigenvalue weighted by molar-refractivity contribution is 5.69. The molecule has 6 heteroatoms. The lowest BCUT2D eigenvalue weighted by Crippen LogP contribution is -2.29. The van der Waals surface area contributed by atoms with Crippen LogP contribution in [0.25, 0.3) is 0 Å². The van der Waals surface area contributed by atoms with Gasteiger partial charge in [0.1, 0.15) is 12.2 Å².